The highest BCUT2D eigenvalue weighted by Gasteiger charge is 2.34. The van der Waals surface area contributed by atoms with E-state index in [4.69, 9.17) is 0 Å². The lowest BCUT2D eigenvalue weighted by atomic mass is 10.2. The number of likely N-dealkylation sites (N-methyl/N-ethyl adjacent to an activating group) is 1. The Bertz CT molecular complexity index is 1040. The summed E-state index contributed by atoms with van der Waals surface area (Å²) >= 11 is 0. The van der Waals surface area contributed by atoms with Crippen LogP contribution in [0, 0.1) is 0 Å². The number of sulfone groups is 1. The number of carbonyl (C=O) groups excluding carboxylic acids is 2. The van der Waals surface area contributed by atoms with E-state index in [2.05, 4.69) is 10.2 Å². The SMILES string of the molecule is CCN(C(=O)CN1CCN(C(=O)c2n[nH]c3ccccc23)CC1)C1CCS(=O)(=O)C1. The minimum absolute atomic E-state index is 0.0438. The van der Waals surface area contributed by atoms with Crippen molar-refractivity contribution in [1.82, 2.24) is 24.9 Å². The molecule has 2 fully saturated rings. The highest BCUT2D eigenvalue weighted by Crippen LogP contribution is 2.19. The molecule has 1 atom stereocenters. The summed E-state index contributed by atoms with van der Waals surface area (Å²) in [5.74, 6) is 0.0683. The zero-order chi connectivity index (χ0) is 21.3. The predicted octanol–water partition coefficient (Wildman–Crippen LogP) is 0.356. The summed E-state index contributed by atoms with van der Waals surface area (Å²) in [6, 6.07) is 7.32. The van der Waals surface area contributed by atoms with E-state index in [1.807, 2.05) is 36.1 Å². The second kappa shape index (κ2) is 8.35. The first-order chi connectivity index (χ1) is 14.4. The van der Waals surface area contributed by atoms with Crippen molar-refractivity contribution >= 4 is 32.6 Å². The number of hydrogen-bond acceptors (Lipinski definition) is 6. The summed E-state index contributed by atoms with van der Waals surface area (Å²) < 4.78 is 23.5. The maximum Gasteiger partial charge on any atom is 0.275 e. The van der Waals surface area contributed by atoms with Crippen LogP contribution in [0.5, 0.6) is 0 Å². The van der Waals surface area contributed by atoms with Gasteiger partial charge in [-0.25, -0.2) is 8.42 Å². The first-order valence-electron chi connectivity index (χ1n) is 10.3. The van der Waals surface area contributed by atoms with E-state index in [0.29, 0.717) is 44.8 Å². The highest BCUT2D eigenvalue weighted by molar-refractivity contribution is 7.91. The maximum atomic E-state index is 12.9. The monoisotopic (exact) mass is 433 g/mol. The van der Waals surface area contributed by atoms with Crippen LogP contribution in [-0.2, 0) is 14.6 Å². The molecule has 2 aliphatic rings. The number of aromatic amines is 1. The topological polar surface area (TPSA) is 107 Å². The first kappa shape index (κ1) is 20.8. The third-order valence-corrected chi connectivity index (χ3v) is 7.75. The number of H-pyrrole nitrogens is 1. The van der Waals surface area contributed by atoms with Gasteiger partial charge in [-0.05, 0) is 19.4 Å². The number of para-hydroxylation sites is 1. The Morgan fingerprint density at radius 3 is 2.60 bits per heavy atom. The van der Waals surface area contributed by atoms with E-state index in [-0.39, 0.29) is 35.9 Å². The molecule has 0 radical (unpaired) electrons. The molecule has 2 aromatic rings. The van der Waals surface area contributed by atoms with Crippen molar-refractivity contribution in [3.05, 3.63) is 30.0 Å². The lowest BCUT2D eigenvalue weighted by molar-refractivity contribution is -0.134. The van der Waals surface area contributed by atoms with Gasteiger partial charge in [0.25, 0.3) is 5.91 Å². The van der Waals surface area contributed by atoms with Crippen LogP contribution in [0.1, 0.15) is 23.8 Å². The molecule has 3 heterocycles. The lowest BCUT2D eigenvalue weighted by Crippen LogP contribution is -2.53. The molecule has 10 heteroatoms. The number of benzene rings is 1. The molecule has 2 aliphatic heterocycles. The van der Waals surface area contributed by atoms with Gasteiger partial charge in [0.05, 0.1) is 23.6 Å². The van der Waals surface area contributed by atoms with Crippen LogP contribution in [0.3, 0.4) is 0 Å². The van der Waals surface area contributed by atoms with Crippen molar-refractivity contribution in [2.45, 2.75) is 19.4 Å². The number of hydrogen-bond donors (Lipinski definition) is 1. The molecule has 0 bridgehead atoms. The number of nitrogens with zero attached hydrogens (tertiary/aromatic N) is 4. The highest BCUT2D eigenvalue weighted by atomic mass is 32.2. The Hall–Kier alpha value is -2.46. The summed E-state index contributed by atoms with van der Waals surface area (Å²) in [7, 11) is -3.03. The second-order valence-corrected chi connectivity index (χ2v) is 10.2. The normalized spacial score (nSPS) is 21.8. The number of rotatable bonds is 5. The third kappa shape index (κ3) is 4.20. The summed E-state index contributed by atoms with van der Waals surface area (Å²) in [4.78, 5) is 31.2. The molecule has 2 saturated heterocycles. The number of carbonyl (C=O) groups is 2. The second-order valence-electron chi connectivity index (χ2n) is 7.92. The Morgan fingerprint density at radius 1 is 1.20 bits per heavy atom. The van der Waals surface area contributed by atoms with Crippen LogP contribution >= 0.6 is 0 Å². The molecule has 1 unspecified atom stereocenters. The van der Waals surface area contributed by atoms with Gasteiger partial charge >= 0.3 is 0 Å². The molecule has 162 valence electrons. The standard InChI is InChI=1S/C20H27N5O4S/c1-2-25(15-7-12-30(28,29)14-15)18(26)13-23-8-10-24(11-9-23)20(27)19-16-5-3-4-6-17(16)21-22-19/h3-6,15H,2,7-14H2,1H3,(H,21,22). The van der Waals surface area contributed by atoms with Gasteiger partial charge in [0, 0.05) is 44.2 Å². The minimum atomic E-state index is -3.03. The van der Waals surface area contributed by atoms with Gasteiger partial charge in [-0.1, -0.05) is 18.2 Å². The van der Waals surface area contributed by atoms with Gasteiger partial charge in [-0.15, -0.1) is 0 Å². The molecule has 0 aliphatic carbocycles. The molecule has 1 aromatic heterocycles. The van der Waals surface area contributed by atoms with Gasteiger partial charge < -0.3 is 9.80 Å². The molecule has 0 saturated carbocycles. The fourth-order valence-electron chi connectivity index (χ4n) is 4.33. The smallest absolute Gasteiger partial charge is 0.275 e. The first-order valence-corrected chi connectivity index (χ1v) is 12.1. The van der Waals surface area contributed by atoms with Crippen molar-refractivity contribution in [2.75, 3.05) is 50.8 Å². The zero-order valence-electron chi connectivity index (χ0n) is 17.1. The average molecular weight is 434 g/mol. The van der Waals surface area contributed by atoms with Gasteiger partial charge in [0.15, 0.2) is 15.5 Å². The largest absolute Gasteiger partial charge is 0.338 e. The van der Waals surface area contributed by atoms with Gasteiger partial charge in [0.2, 0.25) is 5.91 Å². The zero-order valence-corrected chi connectivity index (χ0v) is 17.9. The summed E-state index contributed by atoms with van der Waals surface area (Å²) in [5.41, 5.74) is 1.26. The minimum Gasteiger partial charge on any atom is -0.338 e. The van der Waals surface area contributed by atoms with E-state index >= 15 is 0 Å². The quantitative estimate of drug-likeness (QED) is 0.730. The van der Waals surface area contributed by atoms with Crippen molar-refractivity contribution in [3.8, 4) is 0 Å². The molecular formula is C20H27N5O4S. The molecule has 4 rings (SSSR count). The molecule has 1 N–H and O–H groups in total. The van der Waals surface area contributed by atoms with Crippen LogP contribution in [0.4, 0.5) is 0 Å². The fraction of sp³-hybridized carbons (Fsp3) is 0.550. The Morgan fingerprint density at radius 2 is 1.93 bits per heavy atom. The Labute approximate surface area is 175 Å². The van der Waals surface area contributed by atoms with E-state index in [0.717, 1.165) is 10.9 Å². The summed E-state index contributed by atoms with van der Waals surface area (Å²) in [6.45, 7) is 4.88. The van der Waals surface area contributed by atoms with Crippen LogP contribution in [0.2, 0.25) is 0 Å². The third-order valence-electron chi connectivity index (χ3n) is 6.00. The Balaban J connectivity index is 1.33. The number of nitrogens with one attached hydrogen (secondary N) is 1. The molecule has 30 heavy (non-hydrogen) atoms. The number of fused-ring (bicyclic) bond motifs is 1. The molecule has 2 amide bonds. The van der Waals surface area contributed by atoms with Crippen LogP contribution in [0.25, 0.3) is 10.9 Å². The van der Waals surface area contributed by atoms with Gasteiger partial charge in [-0.2, -0.15) is 5.10 Å². The van der Waals surface area contributed by atoms with Gasteiger partial charge in [-0.3, -0.25) is 19.6 Å². The predicted molar refractivity (Wildman–Crippen MR) is 113 cm³/mol. The molecular weight excluding hydrogens is 406 g/mol. The van der Waals surface area contributed by atoms with Crippen LogP contribution in [0.15, 0.2) is 24.3 Å². The van der Waals surface area contributed by atoms with Crippen molar-refractivity contribution < 1.29 is 18.0 Å². The Kier molecular flexibility index (Phi) is 5.79. The molecule has 1 aromatic carbocycles. The average Bonchev–Trinajstić information content (AvgIpc) is 3.32. The van der Waals surface area contributed by atoms with Crippen LogP contribution in [-0.4, -0.2) is 102 Å². The van der Waals surface area contributed by atoms with Crippen molar-refractivity contribution in [1.29, 1.82) is 0 Å². The van der Waals surface area contributed by atoms with E-state index in [9.17, 15) is 18.0 Å². The number of piperazine rings is 1. The number of aromatic nitrogens is 2. The summed E-state index contributed by atoms with van der Waals surface area (Å²) in [5, 5.41) is 7.89. The maximum absolute atomic E-state index is 12.9. The summed E-state index contributed by atoms with van der Waals surface area (Å²) in [6.07, 6.45) is 0.516. The van der Waals surface area contributed by atoms with E-state index < -0.39 is 9.84 Å². The van der Waals surface area contributed by atoms with Crippen molar-refractivity contribution in [2.24, 2.45) is 0 Å². The van der Waals surface area contributed by atoms with E-state index in [1.54, 1.807) is 9.80 Å². The lowest BCUT2D eigenvalue weighted by Gasteiger charge is -2.36. The fourth-order valence-corrected chi connectivity index (χ4v) is 6.06. The van der Waals surface area contributed by atoms with Crippen LogP contribution < -0.4 is 0 Å². The van der Waals surface area contributed by atoms with Crippen molar-refractivity contribution in [3.63, 3.8) is 0 Å². The molecule has 0 spiro atoms. The van der Waals surface area contributed by atoms with E-state index in [1.165, 1.54) is 0 Å². The van der Waals surface area contributed by atoms with Gasteiger partial charge in [0.1, 0.15) is 0 Å². The molecule has 9 nitrogen and oxygen atoms in total. The number of amides is 2.